The number of hydrogen-bond acceptors (Lipinski definition) is 4. The zero-order chi connectivity index (χ0) is 12.6. The van der Waals surface area contributed by atoms with Crippen molar-refractivity contribution in [1.82, 2.24) is 9.88 Å². The highest BCUT2D eigenvalue weighted by molar-refractivity contribution is 5.45. The molecule has 2 fully saturated rings. The van der Waals surface area contributed by atoms with Crippen molar-refractivity contribution in [3.8, 4) is 0 Å². The van der Waals surface area contributed by atoms with Gasteiger partial charge in [0, 0.05) is 37.1 Å². The van der Waals surface area contributed by atoms with E-state index in [1.807, 2.05) is 6.07 Å². The van der Waals surface area contributed by atoms with Crippen LogP contribution in [0.25, 0.3) is 0 Å². The highest BCUT2D eigenvalue weighted by atomic mass is 16.3. The first kappa shape index (κ1) is 11.9. The van der Waals surface area contributed by atoms with Crippen LogP contribution in [0, 0.1) is 0 Å². The molecular weight excluding hydrogens is 226 g/mol. The number of anilines is 1. The van der Waals surface area contributed by atoms with Gasteiger partial charge in [0.05, 0.1) is 5.60 Å². The first-order chi connectivity index (χ1) is 8.66. The van der Waals surface area contributed by atoms with Crippen molar-refractivity contribution in [2.45, 2.75) is 43.7 Å². The van der Waals surface area contributed by atoms with E-state index in [2.05, 4.69) is 9.88 Å². The summed E-state index contributed by atoms with van der Waals surface area (Å²) >= 11 is 0. The van der Waals surface area contributed by atoms with Gasteiger partial charge in [0.15, 0.2) is 0 Å². The van der Waals surface area contributed by atoms with Crippen LogP contribution in [0.3, 0.4) is 0 Å². The average molecular weight is 247 g/mol. The Labute approximate surface area is 108 Å². The van der Waals surface area contributed by atoms with E-state index in [9.17, 15) is 5.11 Å². The van der Waals surface area contributed by atoms with Crippen molar-refractivity contribution in [2.75, 3.05) is 18.8 Å². The van der Waals surface area contributed by atoms with Crippen LogP contribution < -0.4 is 5.73 Å². The highest BCUT2D eigenvalue weighted by Crippen LogP contribution is 2.35. The number of pyridine rings is 1. The summed E-state index contributed by atoms with van der Waals surface area (Å²) in [7, 11) is 0. The Kier molecular flexibility index (Phi) is 2.99. The lowest BCUT2D eigenvalue weighted by Crippen LogP contribution is -2.48. The topological polar surface area (TPSA) is 62.4 Å². The summed E-state index contributed by atoms with van der Waals surface area (Å²) in [6.45, 7) is 2.22. The maximum Gasteiger partial charge on any atom is 0.0716 e. The van der Waals surface area contributed by atoms with Crippen LogP contribution in [0.2, 0.25) is 0 Å². The number of hydrogen-bond donors (Lipinski definition) is 2. The maximum absolute atomic E-state index is 10.8. The van der Waals surface area contributed by atoms with Crippen LogP contribution in [0.15, 0.2) is 18.5 Å². The standard InChI is InChI=1S/C14H21N3O/c15-13-3-5-16-10-11(13)8-14(18)4-7-17-6-1-2-12(17)9-14/h3,5,10,12,18H,1-2,4,6-9H2,(H2,15,16). The Morgan fingerprint density at radius 2 is 2.39 bits per heavy atom. The maximum atomic E-state index is 10.8. The lowest BCUT2D eigenvalue weighted by Gasteiger charge is -2.41. The number of nitrogen functional groups attached to an aromatic ring is 1. The third kappa shape index (κ3) is 2.22. The van der Waals surface area contributed by atoms with Crippen molar-refractivity contribution in [3.05, 3.63) is 24.0 Å². The predicted molar refractivity (Wildman–Crippen MR) is 71.1 cm³/mol. The molecule has 2 unspecified atom stereocenters. The van der Waals surface area contributed by atoms with Crippen molar-refractivity contribution in [3.63, 3.8) is 0 Å². The predicted octanol–water partition coefficient (Wildman–Crippen LogP) is 1.20. The van der Waals surface area contributed by atoms with E-state index in [-0.39, 0.29) is 0 Å². The summed E-state index contributed by atoms with van der Waals surface area (Å²) in [4.78, 5) is 6.62. The zero-order valence-electron chi connectivity index (χ0n) is 10.7. The minimum Gasteiger partial charge on any atom is -0.398 e. The second kappa shape index (κ2) is 4.52. The van der Waals surface area contributed by atoms with Gasteiger partial charge in [-0.3, -0.25) is 4.98 Å². The summed E-state index contributed by atoms with van der Waals surface area (Å²) in [6.07, 6.45) is 8.34. The quantitative estimate of drug-likeness (QED) is 0.824. The van der Waals surface area contributed by atoms with E-state index in [1.165, 1.54) is 19.4 Å². The largest absolute Gasteiger partial charge is 0.398 e. The average Bonchev–Trinajstić information content (AvgIpc) is 2.79. The summed E-state index contributed by atoms with van der Waals surface area (Å²) < 4.78 is 0. The van der Waals surface area contributed by atoms with Gasteiger partial charge in [-0.05, 0) is 43.9 Å². The number of piperidine rings is 1. The summed E-state index contributed by atoms with van der Waals surface area (Å²) in [5, 5.41) is 10.8. The second-order valence-electron chi connectivity index (χ2n) is 5.76. The van der Waals surface area contributed by atoms with Crippen LogP contribution in [-0.4, -0.2) is 39.7 Å². The van der Waals surface area contributed by atoms with E-state index in [1.54, 1.807) is 12.4 Å². The van der Waals surface area contributed by atoms with Gasteiger partial charge < -0.3 is 15.7 Å². The van der Waals surface area contributed by atoms with Crippen LogP contribution in [0.1, 0.15) is 31.2 Å². The minimum atomic E-state index is -0.595. The molecule has 3 heterocycles. The first-order valence-electron chi connectivity index (χ1n) is 6.81. The van der Waals surface area contributed by atoms with Crippen molar-refractivity contribution in [2.24, 2.45) is 0 Å². The van der Waals surface area contributed by atoms with E-state index >= 15 is 0 Å². The molecule has 2 aliphatic heterocycles. The summed E-state index contributed by atoms with van der Waals surface area (Å²) in [5.74, 6) is 0. The molecule has 3 N–H and O–H groups in total. The summed E-state index contributed by atoms with van der Waals surface area (Å²) in [6, 6.07) is 2.38. The van der Waals surface area contributed by atoms with E-state index in [0.29, 0.717) is 12.5 Å². The molecule has 1 aromatic rings. The number of aliphatic hydroxyl groups is 1. The minimum absolute atomic E-state index is 0.571. The van der Waals surface area contributed by atoms with E-state index in [4.69, 9.17) is 5.73 Å². The van der Waals surface area contributed by atoms with E-state index < -0.39 is 5.60 Å². The monoisotopic (exact) mass is 247 g/mol. The smallest absolute Gasteiger partial charge is 0.0716 e. The molecule has 0 amide bonds. The van der Waals surface area contributed by atoms with Crippen molar-refractivity contribution >= 4 is 5.69 Å². The molecule has 4 nitrogen and oxygen atoms in total. The fourth-order valence-electron chi connectivity index (χ4n) is 3.41. The lowest BCUT2D eigenvalue weighted by atomic mass is 9.82. The molecule has 0 saturated carbocycles. The molecule has 4 heteroatoms. The van der Waals surface area contributed by atoms with Gasteiger partial charge in [0.2, 0.25) is 0 Å². The van der Waals surface area contributed by atoms with Crippen molar-refractivity contribution < 1.29 is 5.11 Å². The van der Waals surface area contributed by atoms with Crippen LogP contribution in [-0.2, 0) is 6.42 Å². The number of aromatic nitrogens is 1. The first-order valence-corrected chi connectivity index (χ1v) is 6.81. The molecular formula is C14H21N3O. The number of nitrogens with zero attached hydrogens (tertiary/aromatic N) is 2. The van der Waals surface area contributed by atoms with Gasteiger partial charge in [-0.15, -0.1) is 0 Å². The lowest BCUT2D eigenvalue weighted by molar-refractivity contribution is -0.0353. The fourth-order valence-corrected chi connectivity index (χ4v) is 3.41. The fraction of sp³-hybridized carbons (Fsp3) is 0.643. The number of fused-ring (bicyclic) bond motifs is 1. The van der Waals surface area contributed by atoms with Crippen LogP contribution in [0.5, 0.6) is 0 Å². The third-order valence-corrected chi connectivity index (χ3v) is 4.44. The molecule has 0 bridgehead atoms. The SMILES string of the molecule is Nc1ccncc1CC1(O)CCN2CCCC2C1. The molecule has 0 aromatic carbocycles. The van der Waals surface area contributed by atoms with Gasteiger partial charge in [-0.1, -0.05) is 0 Å². The van der Waals surface area contributed by atoms with Gasteiger partial charge in [0.1, 0.15) is 0 Å². The molecule has 0 radical (unpaired) electrons. The van der Waals surface area contributed by atoms with Gasteiger partial charge in [-0.25, -0.2) is 0 Å². The third-order valence-electron chi connectivity index (χ3n) is 4.44. The Balaban J connectivity index is 1.74. The highest BCUT2D eigenvalue weighted by Gasteiger charge is 2.40. The zero-order valence-corrected chi connectivity index (χ0v) is 10.7. The molecule has 2 atom stereocenters. The molecule has 98 valence electrons. The molecule has 2 saturated heterocycles. The van der Waals surface area contributed by atoms with Crippen molar-refractivity contribution in [1.29, 1.82) is 0 Å². The second-order valence-corrected chi connectivity index (χ2v) is 5.76. The van der Waals surface area contributed by atoms with Gasteiger partial charge >= 0.3 is 0 Å². The molecule has 2 aliphatic rings. The Morgan fingerprint density at radius 3 is 3.22 bits per heavy atom. The number of rotatable bonds is 2. The normalized spacial score (nSPS) is 32.4. The van der Waals surface area contributed by atoms with Gasteiger partial charge in [0.25, 0.3) is 0 Å². The van der Waals surface area contributed by atoms with Gasteiger partial charge in [-0.2, -0.15) is 0 Å². The number of nitrogens with two attached hydrogens (primary N) is 1. The van der Waals surface area contributed by atoms with Crippen LogP contribution in [0.4, 0.5) is 5.69 Å². The molecule has 3 rings (SSSR count). The van der Waals surface area contributed by atoms with E-state index in [0.717, 1.165) is 30.6 Å². The molecule has 18 heavy (non-hydrogen) atoms. The molecule has 0 aliphatic carbocycles. The Bertz CT molecular complexity index is 437. The Morgan fingerprint density at radius 1 is 1.50 bits per heavy atom. The molecule has 1 aromatic heterocycles. The summed E-state index contributed by atoms with van der Waals surface area (Å²) in [5.41, 5.74) is 7.07. The van der Waals surface area contributed by atoms with Crippen LogP contribution >= 0.6 is 0 Å². The Hall–Kier alpha value is -1.13. The molecule has 0 spiro atoms.